The second-order valence-electron chi connectivity index (χ2n) is 24.7. The summed E-state index contributed by atoms with van der Waals surface area (Å²) in [7, 11) is 0. The number of aliphatic hydroxyl groups is 2. The van der Waals surface area contributed by atoms with Gasteiger partial charge in [-0.05, 0) is 87.6 Å². The molecular weight excluding hydrogens is 1370 g/mol. The number of nitrogens with two attached hydrogens (primary N) is 4. The quantitative estimate of drug-likeness (QED) is 0.0183. The summed E-state index contributed by atoms with van der Waals surface area (Å²) in [6, 6.07) is -4.14. The van der Waals surface area contributed by atoms with Crippen LogP contribution in [0.15, 0.2) is 73.3 Å². The Kier molecular flexibility index (Phi) is 35.1. The molecule has 0 saturated carbocycles. The molecule has 2 aromatic carbocycles. The number of imidazole rings is 1. The molecule has 0 spiro atoms. The Hall–Kier alpha value is -10.6. The fraction of sp³-hybridized carbons (Fsp3) is 0.508. The molecule has 0 aliphatic rings. The van der Waals surface area contributed by atoms with Crippen LogP contribution in [0.5, 0.6) is 0 Å². The van der Waals surface area contributed by atoms with Crippen LogP contribution in [0.3, 0.4) is 0 Å². The number of thioether (sulfide) groups is 1. The Morgan fingerprint density at radius 2 is 1.03 bits per heavy atom. The van der Waals surface area contributed by atoms with Crippen molar-refractivity contribution in [2.45, 2.75) is 177 Å². The lowest BCUT2D eigenvalue weighted by molar-refractivity contribution is -0.142. The van der Waals surface area contributed by atoms with Gasteiger partial charge in [-0.25, -0.2) is 9.78 Å². The highest BCUT2D eigenvalue weighted by atomic mass is 32.2. The van der Waals surface area contributed by atoms with E-state index >= 15 is 0 Å². The number of carbonyl (C=O) groups is 15. The largest absolute Gasteiger partial charge is 0.481 e. The average Bonchev–Trinajstić information content (AvgIpc) is 1.77. The third-order valence-corrected chi connectivity index (χ3v) is 16.7. The van der Waals surface area contributed by atoms with Crippen molar-refractivity contribution in [1.29, 1.82) is 0 Å². The van der Waals surface area contributed by atoms with Gasteiger partial charge in [-0.15, -0.1) is 0 Å². The fourth-order valence-corrected chi connectivity index (χ4v) is 10.8. The zero-order chi connectivity index (χ0) is 76.6. The SMILES string of the molecule is CSCC[C@H](NC(=O)[C@H](C)NC(=O)[C@H](CCC(N)=O)NC(=O)[C@H](Cc1c[nH]c2ccccc12)NC(=O)[C@@H](NC(=O)[C@H](Cc1cnc[nH]1)NC(=O)[C@@H](NC(=O)[C@H](CC(N)=O)NC(=O)[C@H](CC(=O)O)NC(=O)[C@@H](N)CO)C(C)C)[C@@H](C)O)C(=O)N[C@@H](Cc1ccccc1)C(=O)N[C@@H](CCCCN)C(=O)O. The maximum absolute atomic E-state index is 14.8. The van der Waals surface area contributed by atoms with Crippen LogP contribution in [-0.4, -0.2) is 228 Å². The molecule has 4 rings (SSSR count). The minimum Gasteiger partial charge on any atom is -0.481 e. The van der Waals surface area contributed by atoms with Crippen molar-refractivity contribution in [2.75, 3.05) is 25.2 Å². The lowest BCUT2D eigenvalue weighted by Crippen LogP contribution is -2.63. The van der Waals surface area contributed by atoms with Crippen LogP contribution in [0.2, 0.25) is 0 Å². The van der Waals surface area contributed by atoms with Gasteiger partial charge in [0.1, 0.15) is 72.5 Å². The smallest absolute Gasteiger partial charge is 0.326 e. The number of rotatable bonds is 46. The first-order chi connectivity index (χ1) is 48.8. The number of nitrogens with one attached hydrogen (secondary N) is 13. The second kappa shape index (κ2) is 42.6. The zero-order valence-electron chi connectivity index (χ0n) is 57.5. The molecule has 38 heteroatoms. The Morgan fingerprint density at radius 3 is 1.61 bits per heavy atom. The molecule has 13 atom stereocenters. The number of aromatic amines is 2. The number of para-hydroxylation sites is 1. The summed E-state index contributed by atoms with van der Waals surface area (Å²) < 4.78 is 0. The first-order valence-corrected chi connectivity index (χ1v) is 34.3. The van der Waals surface area contributed by atoms with Gasteiger partial charge in [0.05, 0.1) is 31.9 Å². The minimum absolute atomic E-state index is 0.00469. The molecular formula is C65H94N18O19S. The average molecular weight is 1460 g/mol. The second-order valence-corrected chi connectivity index (χ2v) is 25.7. The highest BCUT2D eigenvalue weighted by Gasteiger charge is 2.39. The summed E-state index contributed by atoms with van der Waals surface area (Å²) in [5.74, 6) is -17.3. The fourth-order valence-electron chi connectivity index (χ4n) is 10.3. The molecule has 4 aromatic rings. The molecule has 0 bridgehead atoms. The molecule has 103 heavy (non-hydrogen) atoms. The van der Waals surface area contributed by atoms with Gasteiger partial charge in [-0.2, -0.15) is 11.8 Å². The van der Waals surface area contributed by atoms with E-state index in [1.165, 1.54) is 51.3 Å². The van der Waals surface area contributed by atoms with Gasteiger partial charge >= 0.3 is 11.9 Å². The summed E-state index contributed by atoms with van der Waals surface area (Å²) in [4.78, 5) is 213. The number of aliphatic carboxylic acids is 2. The molecule has 13 amide bonds. The molecule has 0 aliphatic heterocycles. The first kappa shape index (κ1) is 84.8. The van der Waals surface area contributed by atoms with E-state index in [0.717, 1.165) is 6.92 Å². The van der Waals surface area contributed by atoms with Crippen molar-refractivity contribution >= 4 is 111 Å². The Labute approximate surface area is 596 Å². The van der Waals surface area contributed by atoms with Crippen molar-refractivity contribution in [1.82, 2.24) is 73.4 Å². The van der Waals surface area contributed by atoms with Gasteiger partial charge in [-0.1, -0.05) is 62.4 Å². The lowest BCUT2D eigenvalue weighted by Gasteiger charge is -2.29. The van der Waals surface area contributed by atoms with Gasteiger partial charge in [0, 0.05) is 54.7 Å². The van der Waals surface area contributed by atoms with E-state index in [-0.39, 0.29) is 31.4 Å². The van der Waals surface area contributed by atoms with Gasteiger partial charge in [0.2, 0.25) is 76.8 Å². The van der Waals surface area contributed by atoms with Crippen molar-refractivity contribution in [3.8, 4) is 0 Å². The maximum Gasteiger partial charge on any atom is 0.326 e. The molecule has 0 aliphatic carbocycles. The molecule has 0 unspecified atom stereocenters. The number of hydrogen-bond acceptors (Lipinski definition) is 21. The van der Waals surface area contributed by atoms with Crippen LogP contribution >= 0.6 is 11.8 Å². The van der Waals surface area contributed by atoms with Gasteiger partial charge < -0.3 is 112 Å². The van der Waals surface area contributed by atoms with Gasteiger partial charge in [0.15, 0.2) is 0 Å². The van der Waals surface area contributed by atoms with Crippen LogP contribution in [0, 0.1) is 5.92 Å². The zero-order valence-corrected chi connectivity index (χ0v) is 58.3. The topological polar surface area (TPSA) is 618 Å². The number of amides is 13. The summed E-state index contributed by atoms with van der Waals surface area (Å²) in [6.07, 6.45) is 1.16. The van der Waals surface area contributed by atoms with E-state index in [2.05, 4.69) is 68.1 Å². The van der Waals surface area contributed by atoms with E-state index in [4.69, 9.17) is 22.9 Å². The number of benzene rings is 2. The number of fused-ring (bicyclic) bond motifs is 1. The minimum atomic E-state index is -1.96. The molecule has 2 aromatic heterocycles. The highest BCUT2D eigenvalue weighted by molar-refractivity contribution is 7.98. The number of H-pyrrole nitrogens is 2. The van der Waals surface area contributed by atoms with E-state index in [9.17, 15) is 92.3 Å². The molecule has 0 fully saturated rings. The van der Waals surface area contributed by atoms with E-state index < -0.39 is 212 Å². The summed E-state index contributed by atoms with van der Waals surface area (Å²) in [5.41, 5.74) is 23.9. The maximum atomic E-state index is 14.8. The predicted molar refractivity (Wildman–Crippen MR) is 371 cm³/mol. The monoisotopic (exact) mass is 1460 g/mol. The van der Waals surface area contributed by atoms with E-state index in [1.807, 2.05) is 5.32 Å². The van der Waals surface area contributed by atoms with Crippen molar-refractivity contribution < 1.29 is 92.3 Å². The summed E-state index contributed by atoms with van der Waals surface area (Å²) >= 11 is 1.32. The highest BCUT2D eigenvalue weighted by Crippen LogP contribution is 2.20. The van der Waals surface area contributed by atoms with Crippen LogP contribution < -0.4 is 81.4 Å². The van der Waals surface area contributed by atoms with Crippen LogP contribution in [-0.2, 0) is 91.2 Å². The van der Waals surface area contributed by atoms with Crippen LogP contribution in [0.4, 0.5) is 0 Å². The number of carboxylic acids is 2. The third kappa shape index (κ3) is 28.4. The van der Waals surface area contributed by atoms with Gasteiger partial charge in [0.25, 0.3) is 0 Å². The van der Waals surface area contributed by atoms with Crippen molar-refractivity contribution in [3.05, 3.63) is 90.1 Å². The molecule has 0 saturated heterocycles. The standard InChI is InChI=1S/C65H94N18O19S/c1-32(2)52(82-62(98)47(26-50(69)87)79-60(96)48(27-51(88)89)77-55(91)39(67)30-84)63(99)81-46(25-37-29-70-31-72-37)61(97)83-53(34(4)85)64(100)80-45(24-36-28-71-40-16-10-9-15-38(36)40)59(95)75-41(18-19-49(68)86)56(92)73-33(3)54(90)74-42(20-22-103-5)57(93)78-44(23-35-13-7-6-8-14-35)58(94)76-43(65(101)102)17-11-12-21-66/h6-10,13-16,28-29,31-34,39,41-48,52-53,71,84-85H,11-12,17-27,30,66-67H2,1-5H3,(H2,68,86)(H2,69,87)(H,70,72)(H,73,92)(H,74,90)(H,75,95)(H,76,94)(H,77,91)(H,78,93)(H,79,96)(H,80,100)(H,81,99)(H,82,98)(H,83,97)(H,88,89)(H,101,102)/t33-,34+,39-,41-,42-,43-,44-,45-,46-,47-,48-,52-,53-/m0/s1. The Bertz CT molecular complexity index is 3580. The molecule has 0 radical (unpaired) electrons. The summed E-state index contributed by atoms with van der Waals surface area (Å²) in [6.45, 7) is 4.69. The normalized spacial score (nSPS) is 15.0. The predicted octanol–water partition coefficient (Wildman–Crippen LogP) is -5.79. The number of carboxylic acid groups (broad SMARTS) is 2. The number of aliphatic hydroxyl groups excluding tert-OH is 2. The van der Waals surface area contributed by atoms with Crippen LogP contribution in [0.25, 0.3) is 10.9 Å². The van der Waals surface area contributed by atoms with Crippen molar-refractivity contribution in [3.63, 3.8) is 0 Å². The van der Waals surface area contributed by atoms with Crippen molar-refractivity contribution in [2.24, 2.45) is 28.9 Å². The number of unbranched alkanes of at least 4 members (excludes halogenated alkanes) is 1. The van der Waals surface area contributed by atoms with Crippen LogP contribution in [0.1, 0.15) is 95.9 Å². The van der Waals surface area contributed by atoms with Gasteiger partial charge in [-0.3, -0.25) is 67.1 Å². The lowest BCUT2D eigenvalue weighted by atomic mass is 10.0. The molecule has 37 nitrogen and oxygen atoms in total. The number of aromatic nitrogens is 3. The summed E-state index contributed by atoms with van der Waals surface area (Å²) in [5, 5.41) is 67.2. The van der Waals surface area contributed by atoms with E-state index in [1.54, 1.807) is 60.9 Å². The van der Waals surface area contributed by atoms with E-state index in [0.29, 0.717) is 47.2 Å². The Balaban J connectivity index is 1.61. The third-order valence-electron chi connectivity index (χ3n) is 16.0. The number of carbonyl (C=O) groups excluding carboxylic acids is 13. The first-order valence-electron chi connectivity index (χ1n) is 32.9. The number of nitrogens with zero attached hydrogens (tertiary/aromatic N) is 1. The number of hydrogen-bond donors (Lipinski definition) is 21. The molecule has 564 valence electrons. The Morgan fingerprint density at radius 1 is 0.524 bits per heavy atom. The number of primary amides is 2. The molecule has 2 heterocycles. The molecule has 25 N–H and O–H groups in total.